The summed E-state index contributed by atoms with van der Waals surface area (Å²) in [6, 6.07) is 5.76. The van der Waals surface area contributed by atoms with Crippen LogP contribution in [0.15, 0.2) is 29.4 Å². The number of benzene rings is 1. The summed E-state index contributed by atoms with van der Waals surface area (Å²) < 4.78 is 13.9. The summed E-state index contributed by atoms with van der Waals surface area (Å²) in [5.41, 5.74) is -0.792. The van der Waals surface area contributed by atoms with Crippen molar-refractivity contribution in [1.29, 1.82) is 0 Å². The van der Waals surface area contributed by atoms with Crippen LogP contribution in [0.4, 0.5) is 4.39 Å². The number of hydrogen-bond acceptors (Lipinski definition) is 3. The predicted octanol–water partition coefficient (Wildman–Crippen LogP) is 5.30. The minimum atomic E-state index is -1.28. The summed E-state index contributed by atoms with van der Waals surface area (Å²) >= 11 is 0. The highest BCUT2D eigenvalue weighted by Crippen LogP contribution is 2.38. The minimum Gasteiger partial charge on any atom is -0.476 e. The van der Waals surface area contributed by atoms with Crippen molar-refractivity contribution in [3.8, 4) is 0 Å². The molecule has 0 bridgehead atoms. The smallest absolute Gasteiger partial charge is 0.358 e. The summed E-state index contributed by atoms with van der Waals surface area (Å²) in [5, 5.41) is 13.3. The van der Waals surface area contributed by atoms with Gasteiger partial charge in [0, 0.05) is 5.56 Å². The molecule has 0 unspecified atom stereocenters. The minimum absolute atomic E-state index is 0.0360. The van der Waals surface area contributed by atoms with Crippen molar-refractivity contribution in [2.24, 2.45) is 5.16 Å². The fourth-order valence-corrected chi connectivity index (χ4v) is 3.46. The largest absolute Gasteiger partial charge is 0.476 e. The molecule has 1 aliphatic carbocycles. The third-order valence-electron chi connectivity index (χ3n) is 4.91. The summed E-state index contributed by atoms with van der Waals surface area (Å²) in [7, 11) is 0. The molecule has 1 N–H and O–H groups in total. The van der Waals surface area contributed by atoms with Gasteiger partial charge in [-0.2, -0.15) is 0 Å². The van der Waals surface area contributed by atoms with E-state index in [2.05, 4.69) is 12.1 Å². The van der Waals surface area contributed by atoms with Crippen molar-refractivity contribution in [3.63, 3.8) is 0 Å². The summed E-state index contributed by atoms with van der Waals surface area (Å²) in [6.07, 6.45) is 10.6. The lowest BCUT2D eigenvalue weighted by atomic mass is 9.94. The van der Waals surface area contributed by atoms with E-state index in [0.29, 0.717) is 0 Å². The van der Waals surface area contributed by atoms with Crippen molar-refractivity contribution >= 4 is 11.7 Å². The number of nitrogens with zero attached hydrogens (tertiary/aromatic N) is 1. The number of hydrogen-bond donors (Lipinski definition) is 1. The molecule has 0 saturated heterocycles. The quantitative estimate of drug-likeness (QED) is 0.354. The van der Waals surface area contributed by atoms with Crippen LogP contribution in [0, 0.1) is 5.82 Å². The molecule has 1 aliphatic rings. The van der Waals surface area contributed by atoms with Crippen molar-refractivity contribution in [1.82, 2.24) is 0 Å². The number of halogens is 1. The third kappa shape index (κ3) is 5.55. The molecule has 2 rings (SSSR count). The van der Waals surface area contributed by atoms with Gasteiger partial charge in [0.1, 0.15) is 11.4 Å². The number of carbonyl (C=O) groups is 1. The van der Waals surface area contributed by atoms with E-state index >= 15 is 0 Å². The molecule has 1 fully saturated rings. The second-order valence-electron chi connectivity index (χ2n) is 6.87. The van der Waals surface area contributed by atoms with E-state index in [9.17, 15) is 14.3 Å². The van der Waals surface area contributed by atoms with Crippen LogP contribution in [0.25, 0.3) is 0 Å². The number of oxime groups is 1. The molecule has 0 amide bonds. The van der Waals surface area contributed by atoms with Gasteiger partial charge in [0.2, 0.25) is 0 Å². The second-order valence-corrected chi connectivity index (χ2v) is 6.87. The summed E-state index contributed by atoms with van der Waals surface area (Å²) in [4.78, 5) is 17.3. The molecule has 0 aliphatic heterocycles. The summed E-state index contributed by atoms with van der Waals surface area (Å²) in [6.45, 7) is 2.19. The molecule has 0 atom stereocenters. The second kappa shape index (κ2) is 9.54. The monoisotopic (exact) mass is 349 g/mol. The average molecular weight is 349 g/mol. The van der Waals surface area contributed by atoms with Gasteiger partial charge in [0.05, 0.1) is 0 Å². The normalized spacial score (nSPS) is 16.8. The van der Waals surface area contributed by atoms with Crippen molar-refractivity contribution in [2.45, 2.75) is 76.7 Å². The average Bonchev–Trinajstić information content (AvgIpc) is 3.05. The molecular weight excluding hydrogens is 321 g/mol. The zero-order valence-corrected chi connectivity index (χ0v) is 15.0. The molecule has 0 radical (unpaired) electrons. The van der Waals surface area contributed by atoms with Crippen molar-refractivity contribution in [2.75, 3.05) is 0 Å². The first-order valence-electron chi connectivity index (χ1n) is 9.32. The van der Waals surface area contributed by atoms with Crippen LogP contribution in [0.3, 0.4) is 0 Å². The fourth-order valence-electron chi connectivity index (χ4n) is 3.46. The Morgan fingerprint density at radius 2 is 1.88 bits per heavy atom. The van der Waals surface area contributed by atoms with E-state index in [0.717, 1.165) is 44.9 Å². The van der Waals surface area contributed by atoms with Gasteiger partial charge >= 0.3 is 5.97 Å². The maximum atomic E-state index is 13.9. The molecule has 1 saturated carbocycles. The number of unbranched alkanes of at least 4 members (excludes halogenated alkanes) is 4. The molecule has 0 heterocycles. The van der Waals surface area contributed by atoms with Crippen LogP contribution in [-0.4, -0.2) is 22.4 Å². The Kier molecular flexibility index (Phi) is 7.41. The fraction of sp³-hybridized carbons (Fsp3) is 0.600. The molecule has 0 spiro atoms. The van der Waals surface area contributed by atoms with Gasteiger partial charge in [0.25, 0.3) is 0 Å². The highest BCUT2D eigenvalue weighted by atomic mass is 19.1. The van der Waals surface area contributed by atoms with Gasteiger partial charge in [-0.3, -0.25) is 0 Å². The standard InChI is InChI=1S/C20H28FNO3/c1-2-3-4-5-8-13-20(14-9-10-15-20)25-22-18(19(23)24)16-11-6-7-12-17(16)21/h6-7,11-12H,2-5,8-10,13-15H2,1H3,(H,23,24). The Morgan fingerprint density at radius 1 is 1.20 bits per heavy atom. The van der Waals surface area contributed by atoms with E-state index in [4.69, 9.17) is 4.84 Å². The number of rotatable bonds is 10. The van der Waals surface area contributed by atoms with Crippen LogP contribution in [0.1, 0.15) is 76.7 Å². The molecule has 1 aromatic carbocycles. The van der Waals surface area contributed by atoms with Crippen LogP contribution < -0.4 is 0 Å². The van der Waals surface area contributed by atoms with E-state index < -0.39 is 17.4 Å². The third-order valence-corrected chi connectivity index (χ3v) is 4.91. The topological polar surface area (TPSA) is 58.9 Å². The first-order valence-corrected chi connectivity index (χ1v) is 9.32. The van der Waals surface area contributed by atoms with Crippen LogP contribution in [0.2, 0.25) is 0 Å². The lowest BCUT2D eigenvalue weighted by Gasteiger charge is -2.26. The summed E-state index contributed by atoms with van der Waals surface area (Å²) in [5.74, 6) is -1.88. The van der Waals surface area contributed by atoms with Gasteiger partial charge in [-0.15, -0.1) is 0 Å². The van der Waals surface area contributed by atoms with Crippen molar-refractivity contribution in [3.05, 3.63) is 35.6 Å². The van der Waals surface area contributed by atoms with Gasteiger partial charge < -0.3 is 9.94 Å². The molecule has 138 valence electrons. The Balaban J connectivity index is 2.07. The zero-order chi connectivity index (χ0) is 18.1. The number of carboxylic acid groups (broad SMARTS) is 1. The van der Waals surface area contributed by atoms with E-state index in [1.807, 2.05) is 0 Å². The van der Waals surface area contributed by atoms with Crippen LogP contribution in [0.5, 0.6) is 0 Å². The Bertz CT molecular complexity index is 594. The Morgan fingerprint density at radius 3 is 2.52 bits per heavy atom. The SMILES string of the molecule is CCCCCCCC1(ON=C(C(=O)O)c2ccccc2F)CCCC1. The van der Waals surface area contributed by atoms with Gasteiger partial charge in [0.15, 0.2) is 5.71 Å². The molecule has 5 heteroatoms. The molecule has 0 aromatic heterocycles. The molecule has 4 nitrogen and oxygen atoms in total. The Labute approximate surface area is 149 Å². The van der Waals surface area contributed by atoms with Gasteiger partial charge in [-0.05, 0) is 50.7 Å². The first kappa shape index (κ1) is 19.4. The van der Waals surface area contributed by atoms with Gasteiger partial charge in [-0.1, -0.05) is 49.9 Å². The van der Waals surface area contributed by atoms with E-state index in [-0.39, 0.29) is 11.3 Å². The molecule has 25 heavy (non-hydrogen) atoms. The molecular formula is C20H28FNO3. The van der Waals surface area contributed by atoms with Crippen LogP contribution in [-0.2, 0) is 9.63 Å². The zero-order valence-electron chi connectivity index (χ0n) is 15.0. The maximum Gasteiger partial charge on any atom is 0.358 e. The van der Waals surface area contributed by atoms with Crippen LogP contribution >= 0.6 is 0 Å². The Hall–Kier alpha value is -1.91. The highest BCUT2D eigenvalue weighted by molar-refractivity contribution is 6.42. The number of aliphatic carboxylic acids is 1. The van der Waals surface area contributed by atoms with Gasteiger partial charge in [-0.25, -0.2) is 9.18 Å². The highest BCUT2D eigenvalue weighted by Gasteiger charge is 2.36. The van der Waals surface area contributed by atoms with E-state index in [1.165, 1.54) is 37.5 Å². The molecule has 1 aromatic rings. The number of carboxylic acids is 1. The van der Waals surface area contributed by atoms with E-state index in [1.54, 1.807) is 6.07 Å². The lowest BCUT2D eigenvalue weighted by Crippen LogP contribution is -2.28. The maximum absolute atomic E-state index is 13.9. The first-order chi connectivity index (χ1) is 12.1. The lowest BCUT2D eigenvalue weighted by molar-refractivity contribution is -0.129. The predicted molar refractivity (Wildman–Crippen MR) is 96.2 cm³/mol. The van der Waals surface area contributed by atoms with Crippen molar-refractivity contribution < 1.29 is 19.1 Å².